The number of thiophene rings is 1. The summed E-state index contributed by atoms with van der Waals surface area (Å²) >= 11 is 1.66. The third-order valence-corrected chi connectivity index (χ3v) is 5.45. The summed E-state index contributed by atoms with van der Waals surface area (Å²) < 4.78 is 1.23. The minimum Gasteiger partial charge on any atom is -0.317 e. The first-order valence-electron chi connectivity index (χ1n) is 7.47. The molecule has 1 aromatic carbocycles. The molecule has 1 heterocycles. The number of hydrogen-bond donors (Lipinski definition) is 1. The minimum absolute atomic E-state index is 0.188. The van der Waals surface area contributed by atoms with Gasteiger partial charge in [0.15, 0.2) is 0 Å². The van der Waals surface area contributed by atoms with Crippen molar-refractivity contribution >= 4 is 32.3 Å². The number of nitrogens with one attached hydrogen (secondary N) is 1. The van der Waals surface area contributed by atoms with E-state index in [2.05, 4.69) is 30.4 Å². The van der Waals surface area contributed by atoms with Crippen molar-refractivity contribution in [3.8, 4) is 0 Å². The SMILES string of the molecule is CC1(C(=O)Nc2cc3ccccc3s2)CCCCCC1. The minimum atomic E-state index is -0.188. The Morgan fingerprint density at radius 2 is 1.85 bits per heavy atom. The summed E-state index contributed by atoms with van der Waals surface area (Å²) in [5.74, 6) is 0.200. The molecule has 20 heavy (non-hydrogen) atoms. The van der Waals surface area contributed by atoms with Crippen molar-refractivity contribution < 1.29 is 4.79 Å². The van der Waals surface area contributed by atoms with E-state index in [4.69, 9.17) is 0 Å². The van der Waals surface area contributed by atoms with Gasteiger partial charge in [-0.05, 0) is 30.4 Å². The zero-order valence-corrected chi connectivity index (χ0v) is 12.8. The van der Waals surface area contributed by atoms with Crippen LogP contribution in [0.25, 0.3) is 10.1 Å². The fourth-order valence-corrected chi connectivity index (χ4v) is 4.00. The van der Waals surface area contributed by atoms with E-state index in [1.54, 1.807) is 11.3 Å². The smallest absolute Gasteiger partial charge is 0.230 e. The van der Waals surface area contributed by atoms with Gasteiger partial charge in [-0.25, -0.2) is 0 Å². The van der Waals surface area contributed by atoms with Crippen LogP contribution in [0.15, 0.2) is 30.3 Å². The van der Waals surface area contributed by atoms with Crippen LogP contribution in [-0.2, 0) is 4.79 Å². The van der Waals surface area contributed by atoms with Crippen LogP contribution in [0.1, 0.15) is 45.4 Å². The number of fused-ring (bicyclic) bond motifs is 1. The molecule has 0 bridgehead atoms. The van der Waals surface area contributed by atoms with Gasteiger partial charge in [0.1, 0.15) is 0 Å². The Hall–Kier alpha value is -1.35. The number of hydrogen-bond acceptors (Lipinski definition) is 2. The van der Waals surface area contributed by atoms with Gasteiger partial charge in [0, 0.05) is 10.1 Å². The average molecular weight is 287 g/mol. The highest BCUT2D eigenvalue weighted by molar-refractivity contribution is 7.22. The van der Waals surface area contributed by atoms with Crippen molar-refractivity contribution in [3.05, 3.63) is 30.3 Å². The van der Waals surface area contributed by atoms with Gasteiger partial charge in [-0.15, -0.1) is 11.3 Å². The zero-order valence-electron chi connectivity index (χ0n) is 11.9. The number of benzene rings is 1. The summed E-state index contributed by atoms with van der Waals surface area (Å²) in [6.45, 7) is 2.13. The van der Waals surface area contributed by atoms with Crippen LogP contribution in [0.2, 0.25) is 0 Å². The maximum Gasteiger partial charge on any atom is 0.230 e. The third kappa shape index (κ3) is 2.73. The van der Waals surface area contributed by atoms with E-state index < -0.39 is 0 Å². The second-order valence-electron chi connectivity index (χ2n) is 6.08. The van der Waals surface area contributed by atoms with Crippen LogP contribution in [0.5, 0.6) is 0 Å². The number of amides is 1. The van der Waals surface area contributed by atoms with Gasteiger partial charge < -0.3 is 5.32 Å². The lowest BCUT2D eigenvalue weighted by Crippen LogP contribution is -2.32. The number of anilines is 1. The summed E-state index contributed by atoms with van der Waals surface area (Å²) in [5, 5.41) is 5.33. The molecule has 3 rings (SSSR count). The highest BCUT2D eigenvalue weighted by atomic mass is 32.1. The van der Waals surface area contributed by atoms with Gasteiger partial charge in [0.25, 0.3) is 0 Å². The molecule has 1 fully saturated rings. The normalized spacial score (nSPS) is 18.6. The Balaban J connectivity index is 1.77. The first kappa shape index (κ1) is 13.6. The molecule has 1 aliphatic carbocycles. The van der Waals surface area contributed by atoms with Crippen LogP contribution in [0.4, 0.5) is 5.00 Å². The topological polar surface area (TPSA) is 29.1 Å². The molecular weight excluding hydrogens is 266 g/mol. The van der Waals surface area contributed by atoms with Gasteiger partial charge >= 0.3 is 0 Å². The summed E-state index contributed by atoms with van der Waals surface area (Å²) in [5.41, 5.74) is -0.188. The molecule has 1 N–H and O–H groups in total. The van der Waals surface area contributed by atoms with Crippen LogP contribution in [-0.4, -0.2) is 5.91 Å². The van der Waals surface area contributed by atoms with Crippen molar-refractivity contribution in [3.63, 3.8) is 0 Å². The van der Waals surface area contributed by atoms with E-state index in [9.17, 15) is 4.79 Å². The molecule has 2 aromatic rings. The van der Waals surface area contributed by atoms with Gasteiger partial charge in [-0.2, -0.15) is 0 Å². The predicted octanol–water partition coefficient (Wildman–Crippen LogP) is 5.20. The first-order chi connectivity index (χ1) is 9.67. The lowest BCUT2D eigenvalue weighted by atomic mass is 9.81. The Morgan fingerprint density at radius 1 is 1.15 bits per heavy atom. The van der Waals surface area contributed by atoms with Crippen molar-refractivity contribution in [2.75, 3.05) is 5.32 Å². The monoisotopic (exact) mass is 287 g/mol. The number of carbonyl (C=O) groups is 1. The summed E-state index contributed by atoms with van der Waals surface area (Å²) in [6.07, 6.45) is 6.93. The maximum atomic E-state index is 12.6. The molecule has 1 aromatic heterocycles. The van der Waals surface area contributed by atoms with Crippen LogP contribution < -0.4 is 5.32 Å². The Morgan fingerprint density at radius 3 is 2.55 bits per heavy atom. The van der Waals surface area contributed by atoms with Crippen molar-refractivity contribution in [1.29, 1.82) is 0 Å². The average Bonchev–Trinajstić information content (AvgIpc) is 2.71. The van der Waals surface area contributed by atoms with E-state index in [1.807, 2.05) is 12.1 Å². The lowest BCUT2D eigenvalue weighted by Gasteiger charge is -2.26. The Labute approximate surface area is 124 Å². The van der Waals surface area contributed by atoms with Gasteiger partial charge in [0.05, 0.1) is 5.00 Å². The quantitative estimate of drug-likeness (QED) is 0.756. The largest absolute Gasteiger partial charge is 0.317 e. The molecule has 0 atom stereocenters. The molecule has 0 saturated heterocycles. The second kappa shape index (κ2) is 5.57. The van der Waals surface area contributed by atoms with Gasteiger partial charge in [0.2, 0.25) is 5.91 Å². The van der Waals surface area contributed by atoms with Gasteiger partial charge in [-0.3, -0.25) is 4.79 Å². The lowest BCUT2D eigenvalue weighted by molar-refractivity contribution is -0.125. The molecular formula is C17H21NOS. The molecule has 0 unspecified atom stereocenters. The van der Waals surface area contributed by atoms with Crippen molar-refractivity contribution in [1.82, 2.24) is 0 Å². The number of carbonyl (C=O) groups excluding carboxylic acids is 1. The molecule has 106 valence electrons. The first-order valence-corrected chi connectivity index (χ1v) is 8.29. The fourth-order valence-electron chi connectivity index (χ4n) is 3.04. The van der Waals surface area contributed by atoms with E-state index in [1.165, 1.54) is 35.8 Å². The molecule has 1 saturated carbocycles. The van der Waals surface area contributed by atoms with E-state index in [0.29, 0.717) is 0 Å². The molecule has 2 nitrogen and oxygen atoms in total. The molecule has 1 aliphatic rings. The zero-order chi connectivity index (χ0) is 14.0. The van der Waals surface area contributed by atoms with Crippen LogP contribution in [0.3, 0.4) is 0 Å². The predicted molar refractivity (Wildman–Crippen MR) is 86.3 cm³/mol. The molecule has 0 aliphatic heterocycles. The van der Waals surface area contributed by atoms with Gasteiger partial charge in [-0.1, -0.05) is 50.8 Å². The summed E-state index contributed by atoms with van der Waals surface area (Å²) in [7, 11) is 0. The summed E-state index contributed by atoms with van der Waals surface area (Å²) in [6, 6.07) is 10.3. The summed E-state index contributed by atoms with van der Waals surface area (Å²) in [4.78, 5) is 12.6. The molecule has 0 spiro atoms. The van der Waals surface area contributed by atoms with E-state index in [-0.39, 0.29) is 11.3 Å². The Kier molecular flexibility index (Phi) is 3.79. The van der Waals surface area contributed by atoms with Crippen LogP contribution in [0, 0.1) is 5.41 Å². The number of rotatable bonds is 2. The molecule has 1 amide bonds. The van der Waals surface area contributed by atoms with Crippen LogP contribution >= 0.6 is 11.3 Å². The fraction of sp³-hybridized carbons (Fsp3) is 0.471. The van der Waals surface area contributed by atoms with E-state index in [0.717, 1.165) is 17.8 Å². The highest BCUT2D eigenvalue weighted by Crippen LogP contribution is 2.37. The van der Waals surface area contributed by atoms with E-state index >= 15 is 0 Å². The maximum absolute atomic E-state index is 12.6. The second-order valence-corrected chi connectivity index (χ2v) is 7.16. The highest BCUT2D eigenvalue weighted by Gasteiger charge is 2.33. The van der Waals surface area contributed by atoms with Crippen molar-refractivity contribution in [2.45, 2.75) is 45.4 Å². The van der Waals surface area contributed by atoms with Crippen molar-refractivity contribution in [2.24, 2.45) is 5.41 Å². The standard InChI is InChI=1S/C17H21NOS/c1-17(10-6-2-3-7-11-17)16(19)18-15-12-13-8-4-5-9-14(13)20-15/h4-5,8-9,12H,2-3,6-7,10-11H2,1H3,(H,18,19). The third-order valence-electron chi connectivity index (χ3n) is 4.42. The molecule has 3 heteroatoms. The Bertz CT molecular complexity index is 575. The molecule has 0 radical (unpaired) electrons.